The third kappa shape index (κ3) is 4.80. The van der Waals surface area contributed by atoms with Gasteiger partial charge in [-0.25, -0.2) is 8.78 Å². The second-order valence-corrected chi connectivity index (χ2v) is 8.46. The van der Waals surface area contributed by atoms with Gasteiger partial charge in [-0.15, -0.1) is 0 Å². The number of H-pyrrole nitrogens is 2. The zero-order chi connectivity index (χ0) is 24.5. The van der Waals surface area contributed by atoms with Crippen LogP contribution in [0, 0.1) is 18.6 Å². The predicted molar refractivity (Wildman–Crippen MR) is 129 cm³/mol. The highest BCUT2D eigenvalue weighted by atomic mass is 19.1. The maximum absolute atomic E-state index is 15.1. The molecule has 3 aromatic heterocycles. The predicted octanol–water partition coefficient (Wildman–Crippen LogP) is 4.80. The van der Waals surface area contributed by atoms with Gasteiger partial charge in [0.05, 0.1) is 17.3 Å². The molecule has 0 atom stereocenters. The van der Waals surface area contributed by atoms with E-state index in [-0.39, 0.29) is 28.8 Å². The van der Waals surface area contributed by atoms with Gasteiger partial charge in [0, 0.05) is 42.4 Å². The van der Waals surface area contributed by atoms with Gasteiger partial charge in [0.2, 0.25) is 0 Å². The molecule has 0 bridgehead atoms. The van der Waals surface area contributed by atoms with Crippen LogP contribution in [0.3, 0.4) is 0 Å². The Labute approximate surface area is 199 Å². The Kier molecular flexibility index (Phi) is 6.08. The lowest BCUT2D eigenvalue weighted by Crippen LogP contribution is -2.36. The van der Waals surface area contributed by atoms with Crippen LogP contribution < -0.4 is 15.0 Å². The first-order chi connectivity index (χ1) is 16.9. The molecule has 0 saturated carbocycles. The number of piperidine rings is 1. The molecule has 4 aromatic rings. The molecule has 1 fully saturated rings. The smallest absolute Gasteiger partial charge is 0.326 e. The van der Waals surface area contributed by atoms with Crippen LogP contribution in [0.5, 0.6) is 11.8 Å². The van der Waals surface area contributed by atoms with Gasteiger partial charge < -0.3 is 25.0 Å². The van der Waals surface area contributed by atoms with Crippen molar-refractivity contribution in [3.05, 3.63) is 53.4 Å². The number of allylic oxidation sites excluding steroid dienone is 1. The van der Waals surface area contributed by atoms with Gasteiger partial charge >= 0.3 is 6.01 Å². The van der Waals surface area contributed by atoms with Crippen LogP contribution in [0.1, 0.15) is 31.2 Å². The quantitative estimate of drug-likeness (QED) is 0.313. The minimum atomic E-state index is -0.710. The molecule has 0 unspecified atom stereocenters. The summed E-state index contributed by atoms with van der Waals surface area (Å²) in [5, 5.41) is 20.2. The summed E-state index contributed by atoms with van der Waals surface area (Å²) in [6.45, 7) is 4.79. The van der Waals surface area contributed by atoms with Crippen LogP contribution in [0.15, 0.2) is 30.3 Å². The molecule has 5 rings (SSSR count). The molecule has 0 radical (unpaired) electrons. The molecule has 11 heteroatoms. The number of nitrogens with zero attached hydrogens (tertiary/aromatic N) is 4. The van der Waals surface area contributed by atoms with E-state index < -0.39 is 11.6 Å². The summed E-state index contributed by atoms with van der Waals surface area (Å²) in [4.78, 5) is 13.6. The van der Waals surface area contributed by atoms with Crippen molar-refractivity contribution in [2.45, 2.75) is 32.8 Å². The molecule has 4 heterocycles. The lowest BCUT2D eigenvalue weighted by molar-refractivity contribution is 0.145. The van der Waals surface area contributed by atoms with Crippen molar-refractivity contribution in [2.75, 3.05) is 23.3 Å². The van der Waals surface area contributed by atoms with E-state index in [0.717, 1.165) is 11.8 Å². The van der Waals surface area contributed by atoms with E-state index in [1.807, 2.05) is 24.0 Å². The molecule has 1 aliphatic heterocycles. The van der Waals surface area contributed by atoms with E-state index >= 15 is 4.39 Å². The van der Waals surface area contributed by atoms with Crippen molar-refractivity contribution in [2.24, 2.45) is 0 Å². The normalized spacial score (nSPS) is 14.8. The second-order valence-electron chi connectivity index (χ2n) is 8.46. The lowest BCUT2D eigenvalue weighted by atomic mass is 10.1. The van der Waals surface area contributed by atoms with Crippen LogP contribution in [0.2, 0.25) is 0 Å². The molecule has 1 aliphatic rings. The maximum Gasteiger partial charge on any atom is 0.326 e. The average molecular weight is 482 g/mol. The Balaban J connectivity index is 1.50. The first-order valence-corrected chi connectivity index (χ1v) is 11.3. The zero-order valence-electron chi connectivity index (χ0n) is 19.3. The van der Waals surface area contributed by atoms with E-state index in [1.54, 1.807) is 19.1 Å². The fourth-order valence-corrected chi connectivity index (χ4v) is 4.08. The molecular formula is C24H25F2N7O2. The Morgan fingerprint density at radius 1 is 1.14 bits per heavy atom. The van der Waals surface area contributed by atoms with E-state index in [4.69, 9.17) is 4.74 Å². The third-order valence-corrected chi connectivity index (χ3v) is 5.78. The molecule has 0 spiro atoms. The molecule has 0 amide bonds. The Morgan fingerprint density at radius 2 is 1.94 bits per heavy atom. The van der Waals surface area contributed by atoms with E-state index in [1.165, 1.54) is 6.07 Å². The Bertz CT molecular complexity index is 1390. The maximum atomic E-state index is 15.1. The standard InChI is InChI=1S/C24H25F2N7O2/c1-3-4-14-10-20(32-31-14)28-19-12-21(33-7-5-15(34)6-8-33)30-24(29-19)35-18-11-17(25)23-16(22(18)26)9-13(2)27-23/h3-4,9-12,15,27,34H,5-8H2,1-2H3,(H2,28,29,30,31,32)/b4-3+. The van der Waals surface area contributed by atoms with E-state index in [9.17, 15) is 9.50 Å². The van der Waals surface area contributed by atoms with Gasteiger partial charge in [0.25, 0.3) is 0 Å². The topological polar surface area (TPSA) is 115 Å². The number of aliphatic hydroxyl groups excluding tert-OH is 1. The monoisotopic (exact) mass is 481 g/mol. The molecule has 4 N–H and O–H groups in total. The number of aromatic amines is 2. The van der Waals surface area contributed by atoms with Crippen LogP contribution in [-0.4, -0.2) is 49.4 Å². The van der Waals surface area contributed by atoms with Crippen LogP contribution >= 0.6 is 0 Å². The van der Waals surface area contributed by atoms with Crippen LogP contribution in [-0.2, 0) is 0 Å². The molecule has 1 aromatic carbocycles. The number of aryl methyl sites for hydroxylation is 1. The van der Waals surface area contributed by atoms with Gasteiger partial charge in [-0.2, -0.15) is 15.1 Å². The number of nitrogens with one attached hydrogen (secondary N) is 3. The highest BCUT2D eigenvalue weighted by Crippen LogP contribution is 2.33. The van der Waals surface area contributed by atoms with Crippen LogP contribution in [0.25, 0.3) is 17.0 Å². The summed E-state index contributed by atoms with van der Waals surface area (Å²) in [7, 11) is 0. The van der Waals surface area contributed by atoms with Crippen molar-refractivity contribution in [3.8, 4) is 11.8 Å². The van der Waals surface area contributed by atoms with Gasteiger partial charge in [0.1, 0.15) is 11.6 Å². The van der Waals surface area contributed by atoms with Gasteiger partial charge in [-0.1, -0.05) is 6.08 Å². The molecule has 1 saturated heterocycles. The first kappa shape index (κ1) is 22.8. The van der Waals surface area contributed by atoms with Crippen molar-refractivity contribution in [3.63, 3.8) is 0 Å². The number of aliphatic hydroxyl groups is 1. The Morgan fingerprint density at radius 3 is 2.71 bits per heavy atom. The highest BCUT2D eigenvalue weighted by Gasteiger charge is 2.22. The molecule has 182 valence electrons. The summed E-state index contributed by atoms with van der Waals surface area (Å²) in [5.74, 6) is -0.247. The van der Waals surface area contributed by atoms with Crippen LogP contribution in [0.4, 0.5) is 26.2 Å². The van der Waals surface area contributed by atoms with E-state index in [2.05, 4.69) is 30.5 Å². The number of benzene rings is 1. The number of hydrogen-bond donors (Lipinski definition) is 4. The zero-order valence-corrected chi connectivity index (χ0v) is 19.3. The number of anilines is 3. The largest absolute Gasteiger partial charge is 0.421 e. The second kappa shape index (κ2) is 9.34. The number of aromatic nitrogens is 5. The summed E-state index contributed by atoms with van der Waals surface area (Å²) in [6, 6.07) is 5.88. The minimum Gasteiger partial charge on any atom is -0.421 e. The number of ether oxygens (including phenoxy) is 1. The number of halogens is 2. The van der Waals surface area contributed by atoms with Crippen molar-refractivity contribution < 1.29 is 18.6 Å². The van der Waals surface area contributed by atoms with Crippen molar-refractivity contribution >= 4 is 34.4 Å². The Hall–Kier alpha value is -3.99. The fourth-order valence-electron chi connectivity index (χ4n) is 4.08. The molecule has 9 nitrogen and oxygen atoms in total. The van der Waals surface area contributed by atoms with Gasteiger partial charge in [-0.05, 0) is 38.8 Å². The SMILES string of the molecule is C/C=C/c1cc(Nc2cc(N3CCC(O)CC3)nc(Oc3cc(F)c4[nH]c(C)cc4c3F)n2)n[nH]1. The van der Waals surface area contributed by atoms with Crippen molar-refractivity contribution in [1.29, 1.82) is 0 Å². The first-order valence-electron chi connectivity index (χ1n) is 11.3. The summed E-state index contributed by atoms with van der Waals surface area (Å²) in [5.41, 5.74) is 1.51. The van der Waals surface area contributed by atoms with E-state index in [0.29, 0.717) is 49.1 Å². The summed E-state index contributed by atoms with van der Waals surface area (Å²) in [6.07, 6.45) is 4.58. The molecule has 35 heavy (non-hydrogen) atoms. The molecule has 0 aliphatic carbocycles. The fraction of sp³-hybridized carbons (Fsp3) is 0.292. The number of rotatable bonds is 6. The lowest BCUT2D eigenvalue weighted by Gasteiger charge is -2.30. The minimum absolute atomic E-state index is 0.0757. The number of fused-ring (bicyclic) bond motifs is 1. The van der Waals surface area contributed by atoms with Crippen molar-refractivity contribution in [1.82, 2.24) is 25.1 Å². The molecular weight excluding hydrogens is 456 g/mol. The van der Waals surface area contributed by atoms with Gasteiger partial charge in [0.15, 0.2) is 23.2 Å². The third-order valence-electron chi connectivity index (χ3n) is 5.78. The highest BCUT2D eigenvalue weighted by molar-refractivity contribution is 5.83. The average Bonchev–Trinajstić information content (AvgIpc) is 3.44. The van der Waals surface area contributed by atoms with Gasteiger partial charge in [-0.3, -0.25) is 5.10 Å². The summed E-state index contributed by atoms with van der Waals surface area (Å²) >= 11 is 0. The number of hydrogen-bond acceptors (Lipinski definition) is 7. The summed E-state index contributed by atoms with van der Waals surface area (Å²) < 4.78 is 35.4.